The second-order valence-corrected chi connectivity index (χ2v) is 19.0. The van der Waals surface area contributed by atoms with Crippen LogP contribution in [0, 0.1) is 0 Å². The molecule has 3 aliphatic rings. The Hall–Kier alpha value is -1.73. The zero-order valence-corrected chi connectivity index (χ0v) is 41.3. The minimum absolute atomic E-state index is 0.234. The molecule has 17 atom stereocenters. The number of carbonyl (C=O) groups is 1. The minimum atomic E-state index is -1.98. The fourth-order valence-corrected chi connectivity index (χ4v) is 8.85. The van der Waals surface area contributed by atoms with Crippen LogP contribution in [-0.2, 0) is 33.2 Å². The van der Waals surface area contributed by atoms with E-state index in [0.29, 0.717) is 12.8 Å². The van der Waals surface area contributed by atoms with Crippen LogP contribution in [0.2, 0.25) is 0 Å². The maximum absolute atomic E-state index is 13.1. The van der Waals surface area contributed by atoms with Crippen LogP contribution in [-0.4, -0.2) is 193 Å². The molecule has 0 aromatic heterocycles. The molecule has 17 unspecified atom stereocenters. The van der Waals surface area contributed by atoms with Gasteiger partial charge in [0.05, 0.1) is 38.6 Å². The van der Waals surface area contributed by atoms with Crippen molar-refractivity contribution >= 4 is 5.91 Å². The van der Waals surface area contributed by atoms with Crippen LogP contribution >= 0.6 is 0 Å². The van der Waals surface area contributed by atoms with Crippen molar-refractivity contribution in [3.05, 3.63) is 24.3 Å². The second kappa shape index (κ2) is 35.4. The molecule has 3 aliphatic heterocycles. The van der Waals surface area contributed by atoms with Crippen molar-refractivity contribution in [2.24, 2.45) is 0 Å². The average molecular weight is 994 g/mol. The minimum Gasteiger partial charge on any atom is -0.394 e. The van der Waals surface area contributed by atoms with Crippen LogP contribution in [0.1, 0.15) is 155 Å². The molecule has 1 amide bonds. The molecule has 3 rings (SSSR count). The number of ether oxygens (including phenoxy) is 6. The number of unbranched alkanes of at least 4 members (excludes halogenated alkanes) is 18. The van der Waals surface area contributed by atoms with Gasteiger partial charge in [0, 0.05) is 6.42 Å². The third-order valence-electron chi connectivity index (χ3n) is 13.3. The van der Waals surface area contributed by atoms with Gasteiger partial charge in [0.1, 0.15) is 73.2 Å². The van der Waals surface area contributed by atoms with Gasteiger partial charge < -0.3 is 89.9 Å². The van der Waals surface area contributed by atoms with Crippen LogP contribution in [0.25, 0.3) is 0 Å². The van der Waals surface area contributed by atoms with Gasteiger partial charge in [-0.3, -0.25) is 4.79 Å². The Kier molecular flexibility index (Phi) is 31.6. The monoisotopic (exact) mass is 994 g/mol. The Balaban J connectivity index is 1.53. The zero-order chi connectivity index (χ0) is 50.6. The van der Waals surface area contributed by atoms with E-state index < -0.39 is 124 Å². The highest BCUT2D eigenvalue weighted by molar-refractivity contribution is 5.76. The van der Waals surface area contributed by atoms with Gasteiger partial charge >= 0.3 is 0 Å². The number of aliphatic hydroxyl groups excluding tert-OH is 11. The van der Waals surface area contributed by atoms with Crippen molar-refractivity contribution in [2.75, 3.05) is 26.4 Å². The summed E-state index contributed by atoms with van der Waals surface area (Å²) in [4.78, 5) is 13.1. The average Bonchev–Trinajstić information content (AvgIpc) is 3.34. The summed E-state index contributed by atoms with van der Waals surface area (Å²) in [5, 5.41) is 119. The Labute approximate surface area is 409 Å². The summed E-state index contributed by atoms with van der Waals surface area (Å²) in [5.74, 6) is -0.297. The summed E-state index contributed by atoms with van der Waals surface area (Å²) < 4.78 is 34.0. The maximum Gasteiger partial charge on any atom is 0.220 e. The van der Waals surface area contributed by atoms with Crippen molar-refractivity contribution in [2.45, 2.75) is 259 Å². The molecule has 0 bridgehead atoms. The lowest BCUT2D eigenvalue weighted by molar-refractivity contribution is -0.379. The summed E-state index contributed by atoms with van der Waals surface area (Å²) in [7, 11) is 0. The van der Waals surface area contributed by atoms with Gasteiger partial charge in [-0.2, -0.15) is 0 Å². The zero-order valence-electron chi connectivity index (χ0n) is 41.3. The van der Waals surface area contributed by atoms with E-state index in [9.17, 15) is 61.0 Å². The van der Waals surface area contributed by atoms with E-state index in [2.05, 4.69) is 31.3 Å². The van der Waals surface area contributed by atoms with Gasteiger partial charge in [-0.25, -0.2) is 0 Å². The van der Waals surface area contributed by atoms with E-state index in [4.69, 9.17) is 28.4 Å². The largest absolute Gasteiger partial charge is 0.394 e. The lowest BCUT2D eigenvalue weighted by Crippen LogP contribution is -2.66. The van der Waals surface area contributed by atoms with Crippen molar-refractivity contribution in [3.63, 3.8) is 0 Å². The Bertz CT molecular complexity index is 1380. The van der Waals surface area contributed by atoms with E-state index in [0.717, 1.165) is 51.4 Å². The highest BCUT2D eigenvalue weighted by Gasteiger charge is 2.53. The number of hydrogen-bond donors (Lipinski definition) is 12. The second-order valence-electron chi connectivity index (χ2n) is 19.0. The molecule has 3 fully saturated rings. The Morgan fingerprint density at radius 1 is 0.507 bits per heavy atom. The maximum atomic E-state index is 13.1. The first-order chi connectivity index (χ1) is 33.3. The molecular weight excluding hydrogens is 903 g/mol. The molecule has 19 nitrogen and oxygen atoms in total. The topological polar surface area (TPSA) is 307 Å². The predicted octanol–water partition coefficient (Wildman–Crippen LogP) is 2.03. The Morgan fingerprint density at radius 2 is 0.928 bits per heavy atom. The Morgan fingerprint density at radius 3 is 1.45 bits per heavy atom. The van der Waals surface area contributed by atoms with E-state index in [-0.39, 0.29) is 18.9 Å². The normalized spacial score (nSPS) is 33.0. The lowest BCUT2D eigenvalue weighted by Gasteiger charge is -2.48. The van der Waals surface area contributed by atoms with E-state index in [1.54, 1.807) is 6.08 Å². The molecule has 3 saturated heterocycles. The number of carbonyl (C=O) groups excluding carboxylic acids is 1. The summed E-state index contributed by atoms with van der Waals surface area (Å²) in [6, 6.07) is -0.981. The lowest BCUT2D eigenvalue weighted by atomic mass is 9.96. The quantitative estimate of drug-likeness (QED) is 0.0316. The number of hydrogen-bond acceptors (Lipinski definition) is 18. The van der Waals surface area contributed by atoms with Crippen molar-refractivity contribution < 1.29 is 89.4 Å². The molecule has 404 valence electrons. The molecule has 12 N–H and O–H groups in total. The fraction of sp³-hybridized carbons (Fsp3) is 0.900. The van der Waals surface area contributed by atoms with E-state index in [1.807, 2.05) is 6.08 Å². The number of amides is 1. The number of rotatable bonds is 36. The van der Waals surface area contributed by atoms with Gasteiger partial charge in [0.2, 0.25) is 5.91 Å². The van der Waals surface area contributed by atoms with Crippen LogP contribution in [0.4, 0.5) is 0 Å². The number of aliphatic hydroxyl groups is 11. The standard InChI is InChI=1S/C50H91NO18/c1-3-5-7-9-11-12-13-14-15-16-17-18-19-20-21-22-23-25-27-34(55)33(51-38(56)28-26-24-10-8-6-4-2)32-64-48-44(62)41(59)46(36(30-53)66-48)69-50-45(63)42(60)47(37(31-54)67-50)68-49-43(61)40(58)39(57)35(29-52)65-49/h20-21,25,27,33-37,39-50,52-55,57-63H,3-19,22-24,26,28-32H2,1-2H3,(H,51,56)/b21-20+,27-25+. The van der Waals surface area contributed by atoms with Gasteiger partial charge in [-0.15, -0.1) is 0 Å². The SMILES string of the molecule is CCCCCCCCCCCCCC/C=C/CC/C=C/C(O)C(COC1OC(CO)C(OC2OC(CO)C(OC3OC(CO)C(O)C(O)C3O)C(O)C2O)C(O)C1O)NC(=O)CCCCCCCC. The highest BCUT2D eigenvalue weighted by Crippen LogP contribution is 2.33. The summed E-state index contributed by atoms with van der Waals surface area (Å²) in [5.41, 5.74) is 0. The summed E-state index contributed by atoms with van der Waals surface area (Å²) >= 11 is 0. The first-order valence-corrected chi connectivity index (χ1v) is 26.1. The molecular formula is C50H91NO18. The van der Waals surface area contributed by atoms with Crippen LogP contribution in [0.3, 0.4) is 0 Å². The van der Waals surface area contributed by atoms with Gasteiger partial charge in [-0.05, 0) is 32.1 Å². The third-order valence-corrected chi connectivity index (χ3v) is 13.3. The molecule has 0 saturated carbocycles. The molecule has 0 aromatic carbocycles. The molecule has 0 spiro atoms. The number of allylic oxidation sites excluding steroid dienone is 3. The molecule has 69 heavy (non-hydrogen) atoms. The van der Waals surface area contributed by atoms with Crippen LogP contribution in [0.15, 0.2) is 24.3 Å². The van der Waals surface area contributed by atoms with Crippen molar-refractivity contribution in [1.82, 2.24) is 5.32 Å². The van der Waals surface area contributed by atoms with Crippen LogP contribution in [0.5, 0.6) is 0 Å². The third kappa shape index (κ3) is 21.3. The first-order valence-electron chi connectivity index (χ1n) is 26.1. The number of nitrogens with one attached hydrogen (secondary N) is 1. The summed E-state index contributed by atoms with van der Waals surface area (Å²) in [6.07, 6.45) is 5.17. The van der Waals surface area contributed by atoms with E-state index >= 15 is 0 Å². The van der Waals surface area contributed by atoms with Crippen molar-refractivity contribution in [1.29, 1.82) is 0 Å². The molecule has 3 heterocycles. The predicted molar refractivity (Wildman–Crippen MR) is 254 cm³/mol. The van der Waals surface area contributed by atoms with Crippen LogP contribution < -0.4 is 5.32 Å². The fourth-order valence-electron chi connectivity index (χ4n) is 8.85. The molecule has 0 aromatic rings. The van der Waals surface area contributed by atoms with E-state index in [1.165, 1.54) is 70.6 Å². The molecule has 0 radical (unpaired) electrons. The van der Waals surface area contributed by atoms with Gasteiger partial charge in [0.25, 0.3) is 0 Å². The molecule has 19 heteroatoms. The van der Waals surface area contributed by atoms with Crippen molar-refractivity contribution in [3.8, 4) is 0 Å². The smallest absolute Gasteiger partial charge is 0.220 e. The summed E-state index contributed by atoms with van der Waals surface area (Å²) in [6.45, 7) is 1.59. The first kappa shape index (κ1) is 61.6. The van der Waals surface area contributed by atoms with Gasteiger partial charge in [-0.1, -0.05) is 141 Å². The van der Waals surface area contributed by atoms with Gasteiger partial charge in [0.15, 0.2) is 18.9 Å². The highest BCUT2D eigenvalue weighted by atomic mass is 16.8. The molecule has 0 aliphatic carbocycles.